The average Bonchev–Trinajstić information content (AvgIpc) is 2.94. The molecule has 23 heavy (non-hydrogen) atoms. The van der Waals surface area contributed by atoms with Gasteiger partial charge in [0.1, 0.15) is 4.21 Å². The van der Waals surface area contributed by atoms with Gasteiger partial charge in [0.15, 0.2) is 0 Å². The molecule has 6 nitrogen and oxygen atoms in total. The molecule has 0 saturated heterocycles. The highest BCUT2D eigenvalue weighted by Crippen LogP contribution is 2.21. The highest BCUT2D eigenvalue weighted by atomic mass is 32.2. The molecule has 0 spiro atoms. The molecule has 0 bridgehead atoms. The van der Waals surface area contributed by atoms with E-state index in [1.807, 2.05) is 27.1 Å². The molecule has 1 aromatic heterocycles. The van der Waals surface area contributed by atoms with Gasteiger partial charge >= 0.3 is 0 Å². The zero-order chi connectivity index (χ0) is 17.5. The van der Waals surface area contributed by atoms with E-state index in [2.05, 4.69) is 9.62 Å². The molecule has 0 aliphatic heterocycles. The van der Waals surface area contributed by atoms with Gasteiger partial charge in [-0.3, -0.25) is 4.79 Å². The van der Waals surface area contributed by atoms with Crippen molar-refractivity contribution in [2.75, 3.05) is 40.3 Å². The van der Waals surface area contributed by atoms with Crippen molar-refractivity contribution >= 4 is 27.3 Å². The maximum Gasteiger partial charge on any atom is 0.250 e. The molecule has 1 rings (SSSR count). The summed E-state index contributed by atoms with van der Waals surface area (Å²) in [7, 11) is 0.485. The van der Waals surface area contributed by atoms with Crippen LogP contribution in [0.1, 0.15) is 25.1 Å². The standard InChI is InChI=1S/C15H27N3O3S2/c1-5-14-7-8-15(22-14)23(20,21)16-9-12-18(13(2)19)11-6-10-17(3)4/h7-8,16H,5-6,9-12H2,1-4H3. The fourth-order valence-electron chi connectivity index (χ4n) is 2.08. The van der Waals surface area contributed by atoms with E-state index in [0.29, 0.717) is 17.3 Å². The fourth-order valence-corrected chi connectivity index (χ4v) is 4.44. The Labute approximate surface area is 143 Å². The number of aryl methyl sites for hydroxylation is 1. The quantitative estimate of drug-likeness (QED) is 0.684. The number of carbonyl (C=O) groups excluding carboxylic acids is 1. The molecule has 1 aromatic rings. The molecule has 0 atom stereocenters. The van der Waals surface area contributed by atoms with E-state index in [1.54, 1.807) is 11.0 Å². The van der Waals surface area contributed by atoms with Gasteiger partial charge in [0.2, 0.25) is 15.9 Å². The molecular weight excluding hydrogens is 334 g/mol. The Bertz CT molecular complexity index is 597. The number of hydrogen-bond donors (Lipinski definition) is 1. The smallest absolute Gasteiger partial charge is 0.250 e. The molecule has 0 fully saturated rings. The number of nitrogens with zero attached hydrogens (tertiary/aromatic N) is 2. The van der Waals surface area contributed by atoms with Crippen molar-refractivity contribution in [1.29, 1.82) is 0 Å². The second-order valence-electron chi connectivity index (χ2n) is 5.63. The lowest BCUT2D eigenvalue weighted by atomic mass is 10.3. The van der Waals surface area contributed by atoms with Gasteiger partial charge in [0, 0.05) is 31.4 Å². The topological polar surface area (TPSA) is 69.7 Å². The summed E-state index contributed by atoms with van der Waals surface area (Å²) in [5, 5.41) is 0. The van der Waals surface area contributed by atoms with Crippen LogP contribution in [-0.2, 0) is 21.2 Å². The Morgan fingerprint density at radius 2 is 1.91 bits per heavy atom. The first-order valence-electron chi connectivity index (χ1n) is 7.75. The molecule has 1 heterocycles. The highest BCUT2D eigenvalue weighted by Gasteiger charge is 2.17. The number of carbonyl (C=O) groups is 1. The molecular formula is C15H27N3O3S2. The molecule has 0 aromatic carbocycles. The van der Waals surface area contributed by atoms with Crippen LogP contribution in [0.2, 0.25) is 0 Å². The summed E-state index contributed by atoms with van der Waals surface area (Å²) >= 11 is 1.29. The van der Waals surface area contributed by atoms with Crippen molar-refractivity contribution < 1.29 is 13.2 Å². The third-order valence-electron chi connectivity index (χ3n) is 3.40. The summed E-state index contributed by atoms with van der Waals surface area (Å²) in [6.07, 6.45) is 1.69. The number of hydrogen-bond acceptors (Lipinski definition) is 5. The molecule has 1 amide bonds. The Kier molecular flexibility index (Phi) is 8.18. The summed E-state index contributed by atoms with van der Waals surface area (Å²) in [5.41, 5.74) is 0. The van der Waals surface area contributed by atoms with Crippen LogP contribution in [0.5, 0.6) is 0 Å². The summed E-state index contributed by atoms with van der Waals surface area (Å²) in [5.74, 6) is -0.0349. The van der Waals surface area contributed by atoms with Crippen molar-refractivity contribution in [2.24, 2.45) is 0 Å². The van der Waals surface area contributed by atoms with Crippen molar-refractivity contribution in [3.8, 4) is 0 Å². The highest BCUT2D eigenvalue weighted by molar-refractivity contribution is 7.91. The van der Waals surface area contributed by atoms with E-state index in [-0.39, 0.29) is 12.5 Å². The first-order chi connectivity index (χ1) is 10.8. The molecule has 0 aliphatic rings. The number of thiophene rings is 1. The molecule has 0 saturated carbocycles. The molecule has 8 heteroatoms. The summed E-state index contributed by atoms with van der Waals surface area (Å²) in [4.78, 5) is 16.4. The monoisotopic (exact) mass is 361 g/mol. The Hall–Kier alpha value is -0.960. The van der Waals surface area contributed by atoms with Gasteiger partial charge in [-0.25, -0.2) is 13.1 Å². The van der Waals surface area contributed by atoms with E-state index in [9.17, 15) is 13.2 Å². The van der Waals surface area contributed by atoms with E-state index < -0.39 is 10.0 Å². The SMILES string of the molecule is CCc1ccc(S(=O)(=O)NCCN(CCCN(C)C)C(C)=O)s1. The van der Waals surface area contributed by atoms with Crippen LogP contribution in [0, 0.1) is 0 Å². The van der Waals surface area contributed by atoms with E-state index in [0.717, 1.165) is 24.3 Å². The van der Waals surface area contributed by atoms with Crippen LogP contribution >= 0.6 is 11.3 Å². The predicted molar refractivity (Wildman–Crippen MR) is 94.3 cm³/mol. The maximum absolute atomic E-state index is 12.2. The Morgan fingerprint density at radius 1 is 1.22 bits per heavy atom. The molecule has 0 radical (unpaired) electrons. The van der Waals surface area contributed by atoms with Crippen LogP contribution < -0.4 is 4.72 Å². The van der Waals surface area contributed by atoms with E-state index >= 15 is 0 Å². The van der Waals surface area contributed by atoms with Gasteiger partial charge in [0.25, 0.3) is 0 Å². The van der Waals surface area contributed by atoms with Crippen LogP contribution in [0.25, 0.3) is 0 Å². The zero-order valence-electron chi connectivity index (χ0n) is 14.3. The van der Waals surface area contributed by atoms with Crippen LogP contribution in [-0.4, -0.2) is 64.4 Å². The molecule has 0 unspecified atom stereocenters. The third-order valence-corrected chi connectivity index (χ3v) is 6.59. The minimum absolute atomic E-state index is 0.0349. The molecule has 132 valence electrons. The van der Waals surface area contributed by atoms with Crippen LogP contribution in [0.4, 0.5) is 0 Å². The van der Waals surface area contributed by atoms with Crippen molar-refractivity contribution in [1.82, 2.24) is 14.5 Å². The van der Waals surface area contributed by atoms with Crippen molar-refractivity contribution in [3.05, 3.63) is 17.0 Å². The van der Waals surface area contributed by atoms with Crippen molar-refractivity contribution in [3.63, 3.8) is 0 Å². The summed E-state index contributed by atoms with van der Waals surface area (Å²) in [6.45, 7) is 5.64. The minimum atomic E-state index is -3.48. The average molecular weight is 362 g/mol. The lowest BCUT2D eigenvalue weighted by molar-refractivity contribution is -0.128. The first-order valence-corrected chi connectivity index (χ1v) is 10.0. The summed E-state index contributed by atoms with van der Waals surface area (Å²) in [6, 6.07) is 3.47. The van der Waals surface area contributed by atoms with E-state index in [4.69, 9.17) is 0 Å². The number of nitrogens with one attached hydrogen (secondary N) is 1. The second kappa shape index (κ2) is 9.36. The van der Waals surface area contributed by atoms with Gasteiger partial charge in [-0.05, 0) is 45.6 Å². The minimum Gasteiger partial charge on any atom is -0.342 e. The van der Waals surface area contributed by atoms with Gasteiger partial charge in [-0.2, -0.15) is 0 Å². The lowest BCUT2D eigenvalue weighted by Crippen LogP contribution is -2.38. The van der Waals surface area contributed by atoms with Gasteiger partial charge in [0.05, 0.1) is 0 Å². The number of amides is 1. The van der Waals surface area contributed by atoms with Crippen molar-refractivity contribution in [2.45, 2.75) is 30.9 Å². The maximum atomic E-state index is 12.2. The van der Waals surface area contributed by atoms with Gasteiger partial charge < -0.3 is 9.80 Å². The molecule has 1 N–H and O–H groups in total. The second-order valence-corrected chi connectivity index (χ2v) is 8.80. The van der Waals surface area contributed by atoms with Gasteiger partial charge in [-0.1, -0.05) is 6.92 Å². The number of sulfonamides is 1. The van der Waals surface area contributed by atoms with Gasteiger partial charge in [-0.15, -0.1) is 11.3 Å². The van der Waals surface area contributed by atoms with E-state index in [1.165, 1.54) is 18.3 Å². The summed E-state index contributed by atoms with van der Waals surface area (Å²) < 4.78 is 27.3. The third kappa shape index (κ3) is 6.99. The lowest BCUT2D eigenvalue weighted by Gasteiger charge is -2.22. The molecule has 0 aliphatic carbocycles. The Morgan fingerprint density at radius 3 is 2.43 bits per heavy atom. The normalized spacial score (nSPS) is 11.9. The fraction of sp³-hybridized carbons (Fsp3) is 0.667. The Balaban J connectivity index is 2.50. The van der Waals surface area contributed by atoms with Crippen LogP contribution in [0.15, 0.2) is 16.3 Å². The first kappa shape index (κ1) is 20.1. The van der Waals surface area contributed by atoms with Crippen LogP contribution in [0.3, 0.4) is 0 Å². The number of rotatable bonds is 10. The zero-order valence-corrected chi connectivity index (χ0v) is 16.0. The predicted octanol–water partition coefficient (Wildman–Crippen LogP) is 1.39. The largest absolute Gasteiger partial charge is 0.342 e.